The van der Waals surface area contributed by atoms with E-state index < -0.39 is 5.97 Å². The van der Waals surface area contributed by atoms with Crippen molar-refractivity contribution < 1.29 is 9.90 Å². The highest BCUT2D eigenvalue weighted by atomic mass is 32.1. The van der Waals surface area contributed by atoms with Gasteiger partial charge in [-0.1, -0.05) is 34.5 Å². The van der Waals surface area contributed by atoms with Crippen LogP contribution in [0, 0.1) is 5.92 Å². The third-order valence-corrected chi connectivity index (χ3v) is 3.29. The van der Waals surface area contributed by atoms with Crippen LogP contribution in [0.1, 0.15) is 19.8 Å². The van der Waals surface area contributed by atoms with Crippen molar-refractivity contribution in [2.75, 3.05) is 0 Å². The van der Waals surface area contributed by atoms with Crippen molar-refractivity contribution in [2.24, 2.45) is 5.92 Å². The molecule has 3 nitrogen and oxygen atoms in total. The normalized spacial score (nSPS) is 21.5. The Hall–Kier alpha value is -0.570. The molecule has 0 aliphatic heterocycles. The minimum absolute atomic E-state index is 0.0675. The number of hydrogen-bond acceptors (Lipinski definition) is 3. The van der Waals surface area contributed by atoms with E-state index in [1.54, 1.807) is 0 Å². The van der Waals surface area contributed by atoms with Crippen molar-refractivity contribution in [1.82, 2.24) is 5.09 Å². The maximum atomic E-state index is 10.7. The summed E-state index contributed by atoms with van der Waals surface area (Å²) in [7, 11) is 2.38. The summed E-state index contributed by atoms with van der Waals surface area (Å²) in [6.45, 7) is 2.09. The first kappa shape index (κ1) is 14.5. The topological polar surface area (TPSA) is 49.3 Å². The van der Waals surface area contributed by atoms with Crippen LogP contribution in [0.3, 0.4) is 0 Å². The molecule has 0 heterocycles. The van der Waals surface area contributed by atoms with Crippen molar-refractivity contribution in [1.29, 1.82) is 0 Å². The number of aliphatic carboxylic acids is 1. The lowest BCUT2D eigenvalue weighted by Crippen LogP contribution is -2.24. The molecule has 0 saturated heterocycles. The van der Waals surface area contributed by atoms with E-state index in [1.165, 1.54) is 0 Å². The predicted octanol–water partition coefficient (Wildman–Crippen LogP) is 2.55. The summed E-state index contributed by atoms with van der Waals surface area (Å²) in [5.41, 5.74) is 1.14. The highest BCUT2D eigenvalue weighted by molar-refractivity contribution is 7.84. The van der Waals surface area contributed by atoms with Crippen molar-refractivity contribution in [2.45, 2.75) is 25.8 Å². The number of carboxylic acid groups (broad SMARTS) is 1. The Labute approximate surface area is 110 Å². The fraction of sp³-hybridized carbons (Fsp3) is 0.417. The molecule has 5 heteroatoms. The fourth-order valence-electron chi connectivity index (χ4n) is 1.78. The Morgan fingerprint density at radius 1 is 1.59 bits per heavy atom. The Kier molecular flexibility index (Phi) is 5.96. The first-order valence-corrected chi connectivity index (χ1v) is 6.51. The average molecular weight is 271 g/mol. The first-order valence-electron chi connectivity index (χ1n) is 5.48. The quantitative estimate of drug-likeness (QED) is 0.532. The monoisotopic (exact) mass is 271 g/mol. The molecule has 17 heavy (non-hydrogen) atoms. The van der Waals surface area contributed by atoms with Crippen LogP contribution in [0.4, 0.5) is 0 Å². The molecule has 0 aromatic carbocycles. The molecule has 1 aliphatic carbocycles. The highest BCUT2D eigenvalue weighted by Crippen LogP contribution is 2.21. The average Bonchev–Trinajstić information content (AvgIpc) is 2.38. The van der Waals surface area contributed by atoms with Crippen LogP contribution >= 0.6 is 22.0 Å². The number of nitrogens with one attached hydrogen (secondary N) is 1. The number of hydrogen-bond donors (Lipinski definition) is 3. The minimum atomic E-state index is -0.788. The van der Waals surface area contributed by atoms with Gasteiger partial charge in [0.25, 0.3) is 0 Å². The van der Waals surface area contributed by atoms with Crippen LogP contribution in [0.5, 0.6) is 0 Å². The molecule has 3 atom stereocenters. The van der Waals surface area contributed by atoms with Gasteiger partial charge in [-0.3, -0.25) is 9.88 Å². The fourth-order valence-corrected chi connectivity index (χ4v) is 2.33. The molecule has 0 bridgehead atoms. The number of allylic oxidation sites excluding steroid dienone is 4. The molecule has 0 fully saturated rings. The maximum absolute atomic E-state index is 10.7. The summed E-state index contributed by atoms with van der Waals surface area (Å²) < 4.78 is 0. The molecule has 0 radical (unpaired) electrons. The van der Waals surface area contributed by atoms with Crippen LogP contribution < -0.4 is 5.09 Å². The summed E-state index contributed by atoms with van der Waals surface area (Å²) in [5.74, 6) is -0.466. The Bertz CT molecular complexity index is 377. The molecule has 0 aromatic rings. The Balaban J connectivity index is 2.67. The van der Waals surface area contributed by atoms with E-state index in [1.807, 2.05) is 12.2 Å². The molecule has 1 aliphatic rings. The molecule has 3 unspecified atom stereocenters. The van der Waals surface area contributed by atoms with Crippen molar-refractivity contribution in [3.05, 3.63) is 34.8 Å². The molecule has 0 amide bonds. The number of carbonyl (C=O) groups is 1. The summed E-state index contributed by atoms with van der Waals surface area (Å²) in [4.78, 5) is 11.6. The van der Waals surface area contributed by atoms with E-state index in [0.29, 0.717) is 12.3 Å². The van der Waals surface area contributed by atoms with Gasteiger partial charge in [0, 0.05) is 10.9 Å². The smallest absolute Gasteiger partial charge is 0.304 e. The second-order valence-electron chi connectivity index (χ2n) is 4.19. The van der Waals surface area contributed by atoms with Gasteiger partial charge in [-0.15, -0.1) is 12.6 Å². The Morgan fingerprint density at radius 2 is 2.29 bits per heavy atom. The van der Waals surface area contributed by atoms with Crippen molar-refractivity contribution in [3.8, 4) is 0 Å². The van der Waals surface area contributed by atoms with E-state index in [0.717, 1.165) is 10.5 Å². The summed E-state index contributed by atoms with van der Waals surface area (Å²) >= 11 is 4.33. The molecule has 0 spiro atoms. The molecule has 1 rings (SSSR count). The molecular weight excluding hydrogens is 253 g/mol. The van der Waals surface area contributed by atoms with Crippen LogP contribution in [0.25, 0.3) is 0 Å². The van der Waals surface area contributed by atoms with Crippen molar-refractivity contribution in [3.63, 3.8) is 0 Å². The van der Waals surface area contributed by atoms with Gasteiger partial charge >= 0.3 is 5.97 Å². The van der Waals surface area contributed by atoms with Gasteiger partial charge in [0.1, 0.15) is 0 Å². The summed E-state index contributed by atoms with van der Waals surface area (Å²) in [5, 5.41) is 11.7. The van der Waals surface area contributed by atoms with E-state index in [9.17, 15) is 4.79 Å². The molecular formula is C12H18NO2PS. The molecule has 0 saturated carbocycles. The first-order chi connectivity index (χ1) is 8.01. The number of carboxylic acids is 1. The third kappa shape index (κ3) is 5.53. The van der Waals surface area contributed by atoms with Gasteiger partial charge in [-0.25, -0.2) is 0 Å². The highest BCUT2D eigenvalue weighted by Gasteiger charge is 2.13. The van der Waals surface area contributed by atoms with Gasteiger partial charge in [0.15, 0.2) is 0 Å². The zero-order valence-electron chi connectivity index (χ0n) is 9.76. The van der Waals surface area contributed by atoms with Crippen molar-refractivity contribution >= 4 is 28.0 Å². The predicted molar refractivity (Wildman–Crippen MR) is 77.0 cm³/mol. The lowest BCUT2D eigenvalue weighted by atomic mass is 10.0. The van der Waals surface area contributed by atoms with Crippen LogP contribution in [-0.4, -0.2) is 17.1 Å². The van der Waals surface area contributed by atoms with Crippen LogP contribution in [0.15, 0.2) is 34.8 Å². The summed E-state index contributed by atoms with van der Waals surface area (Å²) in [6, 6.07) is -0.0675. The van der Waals surface area contributed by atoms with Crippen LogP contribution in [-0.2, 0) is 4.79 Å². The van der Waals surface area contributed by atoms with E-state index >= 15 is 0 Å². The number of rotatable bonds is 5. The van der Waals surface area contributed by atoms with Crippen LogP contribution in [0.2, 0.25) is 0 Å². The van der Waals surface area contributed by atoms with Gasteiger partial charge in [-0.2, -0.15) is 0 Å². The van der Waals surface area contributed by atoms with Gasteiger partial charge in [-0.05, 0) is 24.0 Å². The second kappa shape index (κ2) is 7.00. The second-order valence-corrected chi connectivity index (χ2v) is 5.04. The van der Waals surface area contributed by atoms with E-state index in [2.05, 4.69) is 46.2 Å². The maximum Gasteiger partial charge on any atom is 0.304 e. The van der Waals surface area contributed by atoms with E-state index in [-0.39, 0.29) is 12.5 Å². The molecule has 2 N–H and O–H groups in total. The SMILES string of the molecule is CC1C=C(S)C=CC(CC(CC(=O)O)NP)=C1. The third-order valence-electron chi connectivity index (χ3n) is 2.52. The summed E-state index contributed by atoms with van der Waals surface area (Å²) in [6.07, 6.45) is 8.96. The molecule has 94 valence electrons. The van der Waals surface area contributed by atoms with Gasteiger partial charge in [0.2, 0.25) is 0 Å². The lowest BCUT2D eigenvalue weighted by Gasteiger charge is -2.14. The minimum Gasteiger partial charge on any atom is -0.481 e. The zero-order valence-corrected chi connectivity index (χ0v) is 11.8. The molecule has 0 aromatic heterocycles. The Morgan fingerprint density at radius 3 is 2.88 bits per heavy atom. The van der Waals surface area contributed by atoms with E-state index in [4.69, 9.17) is 5.11 Å². The largest absolute Gasteiger partial charge is 0.481 e. The standard InChI is InChI=1S/C12H18NO2PS/c1-8-4-9(2-3-11(17)5-8)6-10(13-16)7-12(14)15/h2-5,8,10,13,17H,6-7,16H2,1H3,(H,14,15). The van der Waals surface area contributed by atoms with Gasteiger partial charge < -0.3 is 5.11 Å². The van der Waals surface area contributed by atoms with Gasteiger partial charge in [0.05, 0.1) is 6.42 Å². The lowest BCUT2D eigenvalue weighted by molar-refractivity contribution is -0.137. The number of thiol groups is 1. The zero-order chi connectivity index (χ0) is 12.8.